The second kappa shape index (κ2) is 10.1. The lowest BCUT2D eigenvalue weighted by molar-refractivity contribution is 0.103. The van der Waals surface area contributed by atoms with Gasteiger partial charge in [-0.3, -0.25) is 4.79 Å². The summed E-state index contributed by atoms with van der Waals surface area (Å²) in [6, 6.07) is 17.6. The Morgan fingerprint density at radius 2 is 1.48 bits per heavy atom. The van der Waals surface area contributed by atoms with E-state index in [9.17, 15) is 4.79 Å². The maximum absolute atomic E-state index is 12.5. The molecule has 1 nitrogen and oxygen atoms in total. The summed E-state index contributed by atoms with van der Waals surface area (Å²) in [5, 5.41) is 0. The molecule has 142 valence electrons. The third-order valence-electron chi connectivity index (χ3n) is 5.16. The third-order valence-corrected chi connectivity index (χ3v) is 5.16. The van der Waals surface area contributed by atoms with Crippen molar-refractivity contribution in [1.29, 1.82) is 0 Å². The zero-order valence-corrected chi connectivity index (χ0v) is 17.3. The molecular weight excluding hydrogens is 328 g/mol. The normalized spacial score (nSPS) is 13.7. The maximum Gasteiger partial charge on any atom is 0.193 e. The molecule has 0 N–H and O–H groups in total. The van der Waals surface area contributed by atoms with Gasteiger partial charge < -0.3 is 0 Å². The molecule has 27 heavy (non-hydrogen) atoms. The third kappa shape index (κ3) is 6.36. The summed E-state index contributed by atoms with van der Waals surface area (Å²) < 4.78 is 0. The van der Waals surface area contributed by atoms with Crippen LogP contribution < -0.4 is 0 Å². The van der Waals surface area contributed by atoms with E-state index in [1.54, 1.807) is 0 Å². The van der Waals surface area contributed by atoms with E-state index in [0.29, 0.717) is 11.8 Å². The molecule has 0 fully saturated rings. The van der Waals surface area contributed by atoms with E-state index in [2.05, 4.69) is 58.9 Å². The first-order valence-corrected chi connectivity index (χ1v) is 9.89. The fraction of sp³-hybridized carbons (Fsp3) is 0.346. The highest BCUT2D eigenvalue weighted by Crippen LogP contribution is 2.27. The van der Waals surface area contributed by atoms with Crippen molar-refractivity contribution in [3.05, 3.63) is 94.6 Å². The number of hydrogen-bond donors (Lipinski definition) is 0. The standard InChI is InChI=1S/C26H32O/c1-19(2)10-9-11-20(3)18-21(4)22(5)23-14-16-25(17-15-23)26(27)24-12-7-6-8-13-24/h6-8,10,12-18,21-22H,9,11H2,1-5H3/b20-18+. The minimum absolute atomic E-state index is 0.0814. The lowest BCUT2D eigenvalue weighted by atomic mass is 9.86. The molecule has 2 aromatic carbocycles. The van der Waals surface area contributed by atoms with Crippen molar-refractivity contribution in [3.63, 3.8) is 0 Å². The Bertz CT molecular complexity index is 790. The van der Waals surface area contributed by atoms with Crippen molar-refractivity contribution in [2.75, 3.05) is 0 Å². The van der Waals surface area contributed by atoms with Crippen LogP contribution in [0.1, 0.15) is 74.9 Å². The molecule has 0 aliphatic heterocycles. The molecule has 0 bridgehead atoms. The lowest BCUT2D eigenvalue weighted by Crippen LogP contribution is -2.06. The van der Waals surface area contributed by atoms with Crippen LogP contribution in [-0.2, 0) is 0 Å². The van der Waals surface area contributed by atoms with Crippen molar-refractivity contribution in [1.82, 2.24) is 0 Å². The zero-order chi connectivity index (χ0) is 19.8. The van der Waals surface area contributed by atoms with E-state index in [-0.39, 0.29) is 5.78 Å². The van der Waals surface area contributed by atoms with Crippen LogP contribution in [0.3, 0.4) is 0 Å². The van der Waals surface area contributed by atoms with Gasteiger partial charge in [-0.15, -0.1) is 0 Å². The first-order valence-electron chi connectivity index (χ1n) is 9.89. The highest BCUT2D eigenvalue weighted by atomic mass is 16.1. The van der Waals surface area contributed by atoms with Gasteiger partial charge in [-0.2, -0.15) is 0 Å². The molecule has 1 heteroatoms. The number of hydrogen-bond acceptors (Lipinski definition) is 1. The Kier molecular flexibility index (Phi) is 7.79. The summed E-state index contributed by atoms with van der Waals surface area (Å²) >= 11 is 0. The number of ketones is 1. The highest BCUT2D eigenvalue weighted by molar-refractivity contribution is 6.08. The van der Waals surface area contributed by atoms with E-state index in [1.165, 1.54) is 16.7 Å². The number of benzene rings is 2. The fourth-order valence-corrected chi connectivity index (χ4v) is 3.26. The lowest BCUT2D eigenvalue weighted by Gasteiger charge is -2.18. The summed E-state index contributed by atoms with van der Waals surface area (Å²) in [5.74, 6) is 0.967. The number of carbonyl (C=O) groups is 1. The molecular formula is C26H32O. The summed E-state index contributed by atoms with van der Waals surface area (Å²) in [6.07, 6.45) is 6.93. The summed E-state index contributed by atoms with van der Waals surface area (Å²) in [4.78, 5) is 12.5. The number of rotatable bonds is 8. The van der Waals surface area contributed by atoms with Gasteiger partial charge in [-0.05, 0) is 51.0 Å². The summed E-state index contributed by atoms with van der Waals surface area (Å²) in [5.41, 5.74) is 5.59. The van der Waals surface area contributed by atoms with Gasteiger partial charge in [0.05, 0.1) is 0 Å². The Hall–Kier alpha value is -2.41. The quantitative estimate of drug-likeness (QED) is 0.355. The van der Waals surface area contributed by atoms with Gasteiger partial charge in [-0.1, -0.05) is 91.7 Å². The Morgan fingerprint density at radius 3 is 2.07 bits per heavy atom. The van der Waals surface area contributed by atoms with Crippen LogP contribution in [0.15, 0.2) is 77.9 Å². The minimum atomic E-state index is 0.0814. The van der Waals surface area contributed by atoms with E-state index < -0.39 is 0 Å². The molecule has 0 radical (unpaired) electrons. The van der Waals surface area contributed by atoms with Crippen molar-refractivity contribution in [3.8, 4) is 0 Å². The number of allylic oxidation sites excluding steroid dienone is 4. The van der Waals surface area contributed by atoms with Crippen molar-refractivity contribution in [2.45, 2.75) is 53.4 Å². The van der Waals surface area contributed by atoms with E-state index in [0.717, 1.165) is 24.0 Å². The molecule has 0 saturated heterocycles. The predicted octanol–water partition coefficient (Wildman–Crippen LogP) is 7.35. The van der Waals surface area contributed by atoms with Crippen molar-refractivity contribution >= 4 is 5.78 Å². The van der Waals surface area contributed by atoms with Crippen LogP contribution in [0.5, 0.6) is 0 Å². The number of carbonyl (C=O) groups excluding carboxylic acids is 1. The molecule has 0 aromatic heterocycles. The van der Waals surface area contributed by atoms with Gasteiger partial charge in [0.25, 0.3) is 0 Å². The minimum Gasteiger partial charge on any atom is -0.289 e. The van der Waals surface area contributed by atoms with Crippen LogP contribution in [0.4, 0.5) is 0 Å². The van der Waals surface area contributed by atoms with Gasteiger partial charge in [0.2, 0.25) is 0 Å². The van der Waals surface area contributed by atoms with E-state index in [1.807, 2.05) is 42.5 Å². The van der Waals surface area contributed by atoms with Gasteiger partial charge in [-0.25, -0.2) is 0 Å². The largest absolute Gasteiger partial charge is 0.289 e. The van der Waals surface area contributed by atoms with Crippen molar-refractivity contribution < 1.29 is 4.79 Å². The Balaban J connectivity index is 2.03. The molecule has 0 heterocycles. The molecule has 2 rings (SSSR count). The van der Waals surface area contributed by atoms with Gasteiger partial charge >= 0.3 is 0 Å². The molecule has 0 aliphatic carbocycles. The monoisotopic (exact) mass is 360 g/mol. The van der Waals surface area contributed by atoms with Gasteiger partial charge in [0.1, 0.15) is 0 Å². The van der Waals surface area contributed by atoms with E-state index >= 15 is 0 Å². The molecule has 0 aliphatic rings. The van der Waals surface area contributed by atoms with Crippen LogP contribution in [0.25, 0.3) is 0 Å². The van der Waals surface area contributed by atoms with Crippen LogP contribution >= 0.6 is 0 Å². The second-order valence-electron chi connectivity index (χ2n) is 7.80. The average molecular weight is 361 g/mol. The summed E-state index contributed by atoms with van der Waals surface area (Å²) in [6.45, 7) is 11.1. The fourth-order valence-electron chi connectivity index (χ4n) is 3.26. The van der Waals surface area contributed by atoms with Crippen molar-refractivity contribution in [2.24, 2.45) is 5.92 Å². The molecule has 2 unspecified atom stereocenters. The van der Waals surface area contributed by atoms with Crippen LogP contribution in [-0.4, -0.2) is 5.78 Å². The second-order valence-corrected chi connectivity index (χ2v) is 7.80. The maximum atomic E-state index is 12.5. The zero-order valence-electron chi connectivity index (χ0n) is 17.3. The van der Waals surface area contributed by atoms with E-state index in [4.69, 9.17) is 0 Å². The molecule has 0 spiro atoms. The highest BCUT2D eigenvalue weighted by Gasteiger charge is 2.14. The molecule has 0 saturated carbocycles. The smallest absolute Gasteiger partial charge is 0.193 e. The Morgan fingerprint density at radius 1 is 0.889 bits per heavy atom. The average Bonchev–Trinajstić information content (AvgIpc) is 2.67. The SMILES string of the molecule is CC(C)=CCC/C(C)=C/C(C)C(C)c1ccc(C(=O)c2ccccc2)cc1. The molecule has 2 aromatic rings. The Labute approximate surface area is 164 Å². The topological polar surface area (TPSA) is 17.1 Å². The molecule has 2 atom stereocenters. The first kappa shape index (κ1) is 20.9. The first-order chi connectivity index (χ1) is 12.9. The van der Waals surface area contributed by atoms with Crippen LogP contribution in [0, 0.1) is 5.92 Å². The van der Waals surface area contributed by atoms with Gasteiger partial charge in [0, 0.05) is 11.1 Å². The predicted molar refractivity (Wildman–Crippen MR) is 116 cm³/mol. The van der Waals surface area contributed by atoms with Crippen LogP contribution in [0.2, 0.25) is 0 Å². The van der Waals surface area contributed by atoms with Gasteiger partial charge in [0.15, 0.2) is 5.78 Å². The molecule has 0 amide bonds. The summed E-state index contributed by atoms with van der Waals surface area (Å²) in [7, 11) is 0.